The van der Waals surface area contributed by atoms with Gasteiger partial charge in [0, 0.05) is 12.1 Å². The summed E-state index contributed by atoms with van der Waals surface area (Å²) in [4.78, 5) is 12.6. The predicted molar refractivity (Wildman–Crippen MR) is 77.0 cm³/mol. The molecule has 3 N–H and O–H groups in total. The first-order chi connectivity index (χ1) is 7.65. The highest BCUT2D eigenvalue weighted by molar-refractivity contribution is 9.11. The van der Waals surface area contributed by atoms with Gasteiger partial charge in [0.1, 0.15) is 0 Å². The minimum atomic E-state index is 0. The minimum Gasteiger partial charge on any atom is -0.349 e. The van der Waals surface area contributed by atoms with Crippen molar-refractivity contribution in [2.24, 2.45) is 5.73 Å². The molecule has 2 rings (SSSR count). The Balaban J connectivity index is 0.00000144. The van der Waals surface area contributed by atoms with Crippen LogP contribution in [-0.4, -0.2) is 18.0 Å². The summed E-state index contributed by atoms with van der Waals surface area (Å²) in [6.07, 6.45) is 4.02. The maximum Gasteiger partial charge on any atom is 0.261 e. The van der Waals surface area contributed by atoms with E-state index in [1.54, 1.807) is 0 Å². The van der Waals surface area contributed by atoms with Crippen molar-refractivity contribution in [3.63, 3.8) is 0 Å². The monoisotopic (exact) mass is 338 g/mol. The zero-order chi connectivity index (χ0) is 11.5. The molecule has 0 unspecified atom stereocenters. The Labute approximate surface area is 120 Å². The van der Waals surface area contributed by atoms with Gasteiger partial charge in [-0.05, 0) is 53.7 Å². The van der Waals surface area contributed by atoms with E-state index >= 15 is 0 Å². The Hall–Kier alpha value is -0.100. The zero-order valence-corrected chi connectivity index (χ0v) is 12.5. The van der Waals surface area contributed by atoms with E-state index in [1.807, 2.05) is 12.1 Å². The molecule has 0 radical (unpaired) electrons. The van der Waals surface area contributed by atoms with Gasteiger partial charge in [-0.3, -0.25) is 4.79 Å². The van der Waals surface area contributed by atoms with Crippen molar-refractivity contribution in [3.05, 3.63) is 20.8 Å². The standard InChI is InChI=1S/C11H15BrN2OS.ClH/c12-10-6-5-9(16-10)11(15)14-8-3-1-7(13)2-4-8;/h5-8H,1-4,13H2,(H,14,15);1H. The molecule has 3 nitrogen and oxygen atoms in total. The molecule has 1 aromatic rings. The number of hydrogen-bond acceptors (Lipinski definition) is 3. The van der Waals surface area contributed by atoms with Crippen molar-refractivity contribution in [2.45, 2.75) is 37.8 Å². The summed E-state index contributed by atoms with van der Waals surface area (Å²) in [5.74, 6) is 0.0381. The van der Waals surface area contributed by atoms with E-state index in [1.165, 1.54) is 11.3 Å². The van der Waals surface area contributed by atoms with Gasteiger partial charge < -0.3 is 11.1 Å². The summed E-state index contributed by atoms with van der Waals surface area (Å²) in [5.41, 5.74) is 5.83. The van der Waals surface area contributed by atoms with Crippen LogP contribution in [0.1, 0.15) is 35.4 Å². The minimum absolute atomic E-state index is 0. The highest BCUT2D eigenvalue weighted by Gasteiger charge is 2.20. The number of thiophene rings is 1. The van der Waals surface area contributed by atoms with Crippen LogP contribution in [0.3, 0.4) is 0 Å². The van der Waals surface area contributed by atoms with E-state index in [-0.39, 0.29) is 18.3 Å². The third-order valence-corrected chi connectivity index (χ3v) is 4.53. The van der Waals surface area contributed by atoms with Crippen LogP contribution in [-0.2, 0) is 0 Å². The van der Waals surface area contributed by atoms with Gasteiger partial charge in [-0.15, -0.1) is 23.7 Å². The molecule has 96 valence electrons. The van der Waals surface area contributed by atoms with Crippen LogP contribution in [0.25, 0.3) is 0 Å². The van der Waals surface area contributed by atoms with Crippen LogP contribution in [0.5, 0.6) is 0 Å². The van der Waals surface area contributed by atoms with Gasteiger partial charge >= 0.3 is 0 Å². The van der Waals surface area contributed by atoms with E-state index < -0.39 is 0 Å². The summed E-state index contributed by atoms with van der Waals surface area (Å²) < 4.78 is 0.989. The Morgan fingerprint density at radius 1 is 1.35 bits per heavy atom. The molecule has 1 aromatic heterocycles. The zero-order valence-electron chi connectivity index (χ0n) is 9.32. The number of rotatable bonds is 2. The van der Waals surface area contributed by atoms with Crippen molar-refractivity contribution in [1.29, 1.82) is 0 Å². The number of amides is 1. The van der Waals surface area contributed by atoms with Gasteiger partial charge in [-0.25, -0.2) is 0 Å². The maximum atomic E-state index is 11.9. The second kappa shape index (κ2) is 6.73. The van der Waals surface area contributed by atoms with Crippen LogP contribution in [0.4, 0.5) is 0 Å². The van der Waals surface area contributed by atoms with Crippen molar-refractivity contribution in [2.75, 3.05) is 0 Å². The Morgan fingerprint density at radius 2 is 2.00 bits per heavy atom. The molecule has 1 heterocycles. The third-order valence-electron chi connectivity index (χ3n) is 2.90. The van der Waals surface area contributed by atoms with E-state index in [0.717, 1.165) is 34.3 Å². The van der Waals surface area contributed by atoms with Crippen LogP contribution in [0, 0.1) is 0 Å². The Bertz CT molecular complexity index is 377. The van der Waals surface area contributed by atoms with Crippen molar-refractivity contribution < 1.29 is 4.79 Å². The predicted octanol–water partition coefficient (Wildman–Crippen LogP) is 2.93. The van der Waals surface area contributed by atoms with Crippen LogP contribution in [0.15, 0.2) is 15.9 Å². The molecule has 1 aliphatic carbocycles. The van der Waals surface area contributed by atoms with Gasteiger partial charge in [-0.2, -0.15) is 0 Å². The summed E-state index contributed by atoms with van der Waals surface area (Å²) in [6.45, 7) is 0. The lowest BCUT2D eigenvalue weighted by Gasteiger charge is -2.26. The molecular formula is C11H16BrClN2OS. The summed E-state index contributed by atoms with van der Waals surface area (Å²) in [6, 6.07) is 4.37. The van der Waals surface area contributed by atoms with Gasteiger partial charge in [0.2, 0.25) is 0 Å². The first kappa shape index (κ1) is 15.0. The van der Waals surface area contributed by atoms with Crippen LogP contribution >= 0.6 is 39.7 Å². The number of nitrogens with one attached hydrogen (secondary N) is 1. The van der Waals surface area contributed by atoms with Crippen molar-refractivity contribution in [3.8, 4) is 0 Å². The van der Waals surface area contributed by atoms with Crippen molar-refractivity contribution >= 4 is 45.6 Å². The topological polar surface area (TPSA) is 55.1 Å². The first-order valence-electron chi connectivity index (χ1n) is 5.47. The van der Waals surface area contributed by atoms with E-state index in [9.17, 15) is 4.79 Å². The first-order valence-corrected chi connectivity index (χ1v) is 7.08. The van der Waals surface area contributed by atoms with Crippen LogP contribution < -0.4 is 11.1 Å². The largest absolute Gasteiger partial charge is 0.349 e. The number of hydrogen-bond donors (Lipinski definition) is 2. The second-order valence-electron chi connectivity index (χ2n) is 4.19. The van der Waals surface area contributed by atoms with E-state index in [0.29, 0.717) is 12.1 Å². The molecule has 0 aromatic carbocycles. The number of nitrogens with two attached hydrogens (primary N) is 1. The molecule has 1 saturated carbocycles. The highest BCUT2D eigenvalue weighted by atomic mass is 79.9. The third kappa shape index (κ3) is 4.25. The summed E-state index contributed by atoms with van der Waals surface area (Å²) in [5, 5.41) is 3.06. The molecule has 0 bridgehead atoms. The Morgan fingerprint density at radius 3 is 2.53 bits per heavy atom. The summed E-state index contributed by atoms with van der Waals surface area (Å²) in [7, 11) is 0. The maximum absolute atomic E-state index is 11.9. The average molecular weight is 340 g/mol. The lowest BCUT2D eigenvalue weighted by Crippen LogP contribution is -2.40. The molecule has 6 heteroatoms. The Kier molecular flexibility index (Phi) is 5.92. The van der Waals surface area contributed by atoms with E-state index in [2.05, 4.69) is 21.2 Å². The molecule has 17 heavy (non-hydrogen) atoms. The molecule has 0 aliphatic heterocycles. The molecule has 0 spiro atoms. The number of halogens is 2. The van der Waals surface area contributed by atoms with Crippen LogP contribution in [0.2, 0.25) is 0 Å². The number of carbonyl (C=O) groups excluding carboxylic acids is 1. The SMILES string of the molecule is Cl.NC1CCC(NC(=O)c2ccc(Br)s2)CC1. The highest BCUT2D eigenvalue weighted by Crippen LogP contribution is 2.23. The normalized spacial score (nSPS) is 23.9. The van der Waals surface area contributed by atoms with Crippen molar-refractivity contribution in [1.82, 2.24) is 5.32 Å². The molecule has 1 amide bonds. The quantitative estimate of drug-likeness (QED) is 0.870. The average Bonchev–Trinajstić information content (AvgIpc) is 2.68. The smallest absolute Gasteiger partial charge is 0.261 e. The van der Waals surface area contributed by atoms with E-state index in [4.69, 9.17) is 5.73 Å². The van der Waals surface area contributed by atoms with Gasteiger partial charge in [0.05, 0.1) is 8.66 Å². The molecule has 0 saturated heterocycles. The molecule has 1 aliphatic rings. The molecular weight excluding hydrogens is 324 g/mol. The fourth-order valence-corrected chi connectivity index (χ4v) is 3.25. The molecule has 1 fully saturated rings. The summed E-state index contributed by atoms with van der Waals surface area (Å²) >= 11 is 4.82. The second-order valence-corrected chi connectivity index (χ2v) is 6.65. The van der Waals surface area contributed by atoms with Gasteiger partial charge in [-0.1, -0.05) is 0 Å². The lowest BCUT2D eigenvalue weighted by atomic mass is 9.92. The van der Waals surface area contributed by atoms with Gasteiger partial charge in [0.25, 0.3) is 5.91 Å². The number of carbonyl (C=O) groups is 1. The fraction of sp³-hybridized carbons (Fsp3) is 0.545. The lowest BCUT2D eigenvalue weighted by molar-refractivity contribution is 0.0930. The fourth-order valence-electron chi connectivity index (χ4n) is 1.96. The molecule has 0 atom stereocenters. The van der Waals surface area contributed by atoms with Gasteiger partial charge in [0.15, 0.2) is 0 Å².